The quantitative estimate of drug-likeness (QED) is 0.713. The van der Waals surface area contributed by atoms with E-state index >= 15 is 0 Å². The van der Waals surface area contributed by atoms with Crippen LogP contribution in [0.5, 0.6) is 0 Å². The number of aliphatic imine (C=N–C) groups is 1. The summed E-state index contributed by atoms with van der Waals surface area (Å²) in [6.45, 7) is 1.65. The molecule has 1 aliphatic rings. The van der Waals surface area contributed by atoms with Gasteiger partial charge in [-0.25, -0.2) is 9.67 Å². The minimum absolute atomic E-state index is 0.251. The van der Waals surface area contributed by atoms with Gasteiger partial charge in [-0.05, 0) is 46.2 Å². The van der Waals surface area contributed by atoms with Gasteiger partial charge in [0.1, 0.15) is 12.0 Å². The van der Waals surface area contributed by atoms with E-state index in [0.29, 0.717) is 16.8 Å². The minimum atomic E-state index is -1.02. The Kier molecular flexibility index (Phi) is 4.19. The molecule has 1 amide bonds. The van der Waals surface area contributed by atoms with E-state index < -0.39 is 23.8 Å². The fourth-order valence-electron chi connectivity index (χ4n) is 3.52. The molecule has 3 aromatic rings. The van der Waals surface area contributed by atoms with Crippen LogP contribution in [-0.4, -0.2) is 42.9 Å². The Bertz CT molecular complexity index is 1120. The number of hydrogen-bond acceptors (Lipinski definition) is 6. The zero-order valence-corrected chi connectivity index (χ0v) is 14.9. The molecule has 9 nitrogen and oxygen atoms in total. The van der Waals surface area contributed by atoms with Crippen LogP contribution in [0.4, 0.5) is 5.95 Å². The first-order chi connectivity index (χ1) is 13.5. The first kappa shape index (κ1) is 17.5. The number of tetrazole rings is 1. The number of fused-ring (bicyclic) bond motifs is 1. The smallest absolute Gasteiger partial charge is 0.314 e. The van der Waals surface area contributed by atoms with Gasteiger partial charge in [0.25, 0.3) is 5.95 Å². The second-order valence-corrected chi connectivity index (χ2v) is 6.47. The molecule has 0 aliphatic carbocycles. The highest BCUT2D eigenvalue weighted by atomic mass is 16.4. The van der Waals surface area contributed by atoms with Gasteiger partial charge < -0.3 is 10.8 Å². The maximum atomic E-state index is 12.0. The van der Waals surface area contributed by atoms with Crippen LogP contribution in [0.25, 0.3) is 11.1 Å². The highest BCUT2D eigenvalue weighted by molar-refractivity contribution is 6.03. The maximum absolute atomic E-state index is 12.0. The normalized spacial score (nSPS) is 18.2. The molecule has 1 aliphatic heterocycles. The van der Waals surface area contributed by atoms with E-state index in [-0.39, 0.29) is 5.95 Å². The molecule has 2 unspecified atom stereocenters. The van der Waals surface area contributed by atoms with Gasteiger partial charge in [-0.3, -0.25) is 9.59 Å². The number of benzene rings is 2. The monoisotopic (exact) mass is 376 g/mol. The Morgan fingerprint density at radius 2 is 1.93 bits per heavy atom. The Hall–Kier alpha value is -3.88. The third kappa shape index (κ3) is 2.82. The lowest BCUT2D eigenvalue weighted by Crippen LogP contribution is -2.36. The number of aromatic nitrogens is 4. The lowest BCUT2D eigenvalue weighted by atomic mass is 9.84. The van der Waals surface area contributed by atoms with Gasteiger partial charge in [-0.1, -0.05) is 41.5 Å². The standard InChI is InChI=1S/C19H16N6O3/c1-10-15(18(27)28)16(25-19(21-10)22-23-24-25)14-8-3-2-7-13(14)11-5-4-6-12(9-11)17(20)26/h2-9,15-16H,1H3,(H2,20,26)(H,27,28). The van der Waals surface area contributed by atoms with Gasteiger partial charge in [0.05, 0.1) is 0 Å². The molecule has 0 radical (unpaired) electrons. The van der Waals surface area contributed by atoms with Crippen LogP contribution >= 0.6 is 0 Å². The zero-order chi connectivity index (χ0) is 19.8. The Morgan fingerprint density at radius 3 is 2.68 bits per heavy atom. The van der Waals surface area contributed by atoms with Crippen LogP contribution in [0, 0.1) is 5.92 Å². The number of amides is 1. The number of primary amides is 1. The molecule has 2 heterocycles. The number of hydrogen-bond donors (Lipinski definition) is 2. The Morgan fingerprint density at radius 1 is 1.14 bits per heavy atom. The molecule has 0 saturated heterocycles. The number of carbonyl (C=O) groups excluding carboxylic acids is 1. The first-order valence-electron chi connectivity index (χ1n) is 8.52. The molecule has 1 aromatic heterocycles. The van der Waals surface area contributed by atoms with Crippen LogP contribution in [0.2, 0.25) is 0 Å². The number of rotatable bonds is 4. The third-order valence-corrected chi connectivity index (χ3v) is 4.78. The molecule has 0 saturated carbocycles. The Balaban J connectivity index is 1.93. The molecule has 4 rings (SSSR count). The van der Waals surface area contributed by atoms with Gasteiger partial charge in [0.15, 0.2) is 0 Å². The molecule has 3 N–H and O–H groups in total. The number of nitrogens with zero attached hydrogens (tertiary/aromatic N) is 5. The average Bonchev–Trinajstić information content (AvgIpc) is 3.14. The number of nitrogens with two attached hydrogens (primary N) is 1. The number of carbonyl (C=O) groups is 2. The minimum Gasteiger partial charge on any atom is -0.481 e. The summed E-state index contributed by atoms with van der Waals surface area (Å²) in [4.78, 5) is 27.9. The molecule has 2 atom stereocenters. The predicted molar refractivity (Wildman–Crippen MR) is 100 cm³/mol. The molecule has 0 fully saturated rings. The molecular formula is C19H16N6O3. The lowest BCUT2D eigenvalue weighted by molar-refractivity contribution is -0.140. The van der Waals surface area contributed by atoms with Crippen molar-refractivity contribution in [1.29, 1.82) is 0 Å². The van der Waals surface area contributed by atoms with Gasteiger partial charge in [0.2, 0.25) is 5.91 Å². The van der Waals surface area contributed by atoms with Gasteiger partial charge in [0, 0.05) is 11.3 Å². The number of carboxylic acid groups (broad SMARTS) is 1. The lowest BCUT2D eigenvalue weighted by Gasteiger charge is -2.29. The van der Waals surface area contributed by atoms with Crippen molar-refractivity contribution in [2.24, 2.45) is 16.6 Å². The van der Waals surface area contributed by atoms with Gasteiger partial charge in [-0.2, -0.15) is 0 Å². The summed E-state index contributed by atoms with van der Waals surface area (Å²) in [5, 5.41) is 21.4. The van der Waals surface area contributed by atoms with Gasteiger partial charge in [-0.15, -0.1) is 0 Å². The van der Waals surface area contributed by atoms with Crippen LogP contribution in [0.1, 0.15) is 28.9 Å². The van der Waals surface area contributed by atoms with Crippen molar-refractivity contribution in [1.82, 2.24) is 20.2 Å². The van der Waals surface area contributed by atoms with Crippen molar-refractivity contribution in [3.05, 3.63) is 59.7 Å². The maximum Gasteiger partial charge on any atom is 0.314 e. The van der Waals surface area contributed by atoms with Crippen LogP contribution in [0.3, 0.4) is 0 Å². The summed E-state index contributed by atoms with van der Waals surface area (Å²) >= 11 is 0. The summed E-state index contributed by atoms with van der Waals surface area (Å²) in [7, 11) is 0. The molecule has 0 bridgehead atoms. The predicted octanol–water partition coefficient (Wildman–Crippen LogP) is 1.84. The topological polar surface area (TPSA) is 136 Å². The van der Waals surface area contributed by atoms with Crippen LogP contribution in [-0.2, 0) is 4.79 Å². The fourth-order valence-corrected chi connectivity index (χ4v) is 3.52. The second kappa shape index (κ2) is 6.69. The van der Waals surface area contributed by atoms with Crippen molar-refractivity contribution >= 4 is 23.5 Å². The fraction of sp³-hybridized carbons (Fsp3) is 0.158. The molecule has 0 spiro atoms. The SMILES string of the molecule is CC1=Nc2nnnn2C(c2ccccc2-c2cccc(C(N)=O)c2)C1C(=O)O. The van der Waals surface area contributed by atoms with E-state index in [0.717, 1.165) is 11.1 Å². The molecule has 28 heavy (non-hydrogen) atoms. The number of aliphatic carboxylic acids is 1. The van der Waals surface area contributed by atoms with Crippen molar-refractivity contribution in [2.75, 3.05) is 0 Å². The highest BCUT2D eigenvalue weighted by Gasteiger charge is 2.40. The summed E-state index contributed by atoms with van der Waals surface area (Å²) in [6.07, 6.45) is 0. The largest absolute Gasteiger partial charge is 0.481 e. The summed E-state index contributed by atoms with van der Waals surface area (Å²) in [5.74, 6) is -2.24. The van der Waals surface area contributed by atoms with Crippen LogP contribution < -0.4 is 5.73 Å². The van der Waals surface area contributed by atoms with Crippen molar-refractivity contribution in [3.8, 4) is 11.1 Å². The third-order valence-electron chi connectivity index (χ3n) is 4.78. The summed E-state index contributed by atoms with van der Waals surface area (Å²) in [6, 6.07) is 13.6. The molecule has 140 valence electrons. The summed E-state index contributed by atoms with van der Waals surface area (Å²) in [5.41, 5.74) is 8.40. The average molecular weight is 376 g/mol. The van der Waals surface area contributed by atoms with E-state index in [9.17, 15) is 14.7 Å². The zero-order valence-electron chi connectivity index (χ0n) is 14.9. The van der Waals surface area contributed by atoms with E-state index in [1.807, 2.05) is 30.3 Å². The summed E-state index contributed by atoms with van der Waals surface area (Å²) < 4.78 is 1.42. The van der Waals surface area contributed by atoms with Crippen molar-refractivity contribution < 1.29 is 14.7 Å². The molecular weight excluding hydrogens is 360 g/mol. The van der Waals surface area contributed by atoms with E-state index in [2.05, 4.69) is 20.5 Å². The first-order valence-corrected chi connectivity index (χ1v) is 8.52. The Labute approximate surface area is 159 Å². The van der Waals surface area contributed by atoms with E-state index in [4.69, 9.17) is 5.73 Å². The molecule has 2 aromatic carbocycles. The number of carboxylic acids is 1. The highest BCUT2D eigenvalue weighted by Crippen LogP contribution is 2.39. The van der Waals surface area contributed by atoms with Crippen molar-refractivity contribution in [2.45, 2.75) is 13.0 Å². The van der Waals surface area contributed by atoms with E-state index in [1.165, 1.54) is 4.68 Å². The van der Waals surface area contributed by atoms with E-state index in [1.54, 1.807) is 25.1 Å². The molecule has 9 heteroatoms. The second-order valence-electron chi connectivity index (χ2n) is 6.47. The van der Waals surface area contributed by atoms with Crippen LogP contribution in [0.15, 0.2) is 53.5 Å². The van der Waals surface area contributed by atoms with Crippen molar-refractivity contribution in [3.63, 3.8) is 0 Å². The van der Waals surface area contributed by atoms with Gasteiger partial charge >= 0.3 is 5.97 Å².